The number of hydrogen-bond acceptors (Lipinski definition) is 3. The minimum absolute atomic E-state index is 0.136. The number of benzene rings is 2. The number of ether oxygens (including phenoxy) is 1. The summed E-state index contributed by atoms with van der Waals surface area (Å²) in [6.07, 6.45) is 3.68. The molecule has 0 aromatic heterocycles. The van der Waals surface area contributed by atoms with Gasteiger partial charge in [-0.3, -0.25) is 4.79 Å². The molecule has 25 heavy (non-hydrogen) atoms. The molecule has 0 fully saturated rings. The smallest absolute Gasteiger partial charge is 0.189 e. The molecule has 1 aliphatic rings. The molecule has 0 aliphatic heterocycles. The molecule has 0 radical (unpaired) electrons. The zero-order valence-electron chi connectivity index (χ0n) is 15.2. The summed E-state index contributed by atoms with van der Waals surface area (Å²) in [6.45, 7) is 6.31. The number of carbonyl (C=O) groups is 1. The van der Waals surface area contributed by atoms with E-state index in [9.17, 15) is 4.79 Å². The number of ketones is 1. The maximum atomic E-state index is 12.8. The van der Waals surface area contributed by atoms with Gasteiger partial charge in [0.25, 0.3) is 0 Å². The van der Waals surface area contributed by atoms with E-state index in [2.05, 4.69) is 43.0 Å². The Labute approximate surface area is 149 Å². The Morgan fingerprint density at radius 1 is 1.04 bits per heavy atom. The SMILES string of the molecule is CCN(CC)c1ccc(/C=C2\CCc3cc(OC)ccc3C2=O)cc1. The van der Waals surface area contributed by atoms with Crippen LogP contribution in [0.25, 0.3) is 6.08 Å². The lowest BCUT2D eigenvalue weighted by molar-refractivity contribution is 0.102. The molecule has 0 amide bonds. The summed E-state index contributed by atoms with van der Waals surface area (Å²) in [6, 6.07) is 14.2. The number of Topliss-reactive ketones (excluding diaryl/α,β-unsaturated/α-hetero) is 1. The average Bonchev–Trinajstić information content (AvgIpc) is 2.66. The maximum absolute atomic E-state index is 12.8. The third-order valence-corrected chi connectivity index (χ3v) is 4.87. The first-order chi connectivity index (χ1) is 12.2. The van der Waals surface area contributed by atoms with Crippen molar-refractivity contribution >= 4 is 17.5 Å². The standard InChI is InChI=1S/C22H25NO2/c1-4-23(5-2)19-10-6-16(7-11-19)14-18-9-8-17-15-20(25-3)12-13-21(17)22(18)24/h6-7,10-15H,4-5,8-9H2,1-3H3/b18-14+. The second-order valence-electron chi connectivity index (χ2n) is 6.29. The van der Waals surface area contributed by atoms with Gasteiger partial charge in [-0.15, -0.1) is 0 Å². The van der Waals surface area contributed by atoms with Gasteiger partial charge in [-0.2, -0.15) is 0 Å². The molecule has 3 nitrogen and oxygen atoms in total. The van der Waals surface area contributed by atoms with E-state index in [1.807, 2.05) is 24.3 Å². The first-order valence-electron chi connectivity index (χ1n) is 8.93. The van der Waals surface area contributed by atoms with Gasteiger partial charge >= 0.3 is 0 Å². The van der Waals surface area contributed by atoms with Gasteiger partial charge in [0.2, 0.25) is 0 Å². The Balaban J connectivity index is 1.83. The minimum atomic E-state index is 0.136. The summed E-state index contributed by atoms with van der Waals surface area (Å²) in [5.74, 6) is 0.947. The van der Waals surface area contributed by atoms with E-state index in [4.69, 9.17) is 4.74 Å². The fraction of sp³-hybridized carbons (Fsp3) is 0.318. The summed E-state index contributed by atoms with van der Waals surface area (Å²) in [5.41, 5.74) is 5.07. The number of rotatable bonds is 5. The molecule has 0 heterocycles. The van der Waals surface area contributed by atoms with Gasteiger partial charge in [-0.1, -0.05) is 12.1 Å². The quantitative estimate of drug-likeness (QED) is 0.738. The normalized spacial score (nSPS) is 15.2. The van der Waals surface area contributed by atoms with Gasteiger partial charge in [0.1, 0.15) is 5.75 Å². The topological polar surface area (TPSA) is 29.5 Å². The summed E-state index contributed by atoms with van der Waals surface area (Å²) in [7, 11) is 1.65. The number of hydrogen-bond donors (Lipinski definition) is 0. The van der Waals surface area contributed by atoms with Gasteiger partial charge in [0.15, 0.2) is 5.78 Å². The van der Waals surface area contributed by atoms with Gasteiger partial charge < -0.3 is 9.64 Å². The fourth-order valence-corrected chi connectivity index (χ4v) is 3.39. The summed E-state index contributed by atoms with van der Waals surface area (Å²) in [4.78, 5) is 15.1. The maximum Gasteiger partial charge on any atom is 0.189 e. The van der Waals surface area contributed by atoms with Crippen molar-refractivity contribution in [1.82, 2.24) is 0 Å². The number of aryl methyl sites for hydroxylation is 1. The third-order valence-electron chi connectivity index (χ3n) is 4.87. The molecule has 3 heteroatoms. The highest BCUT2D eigenvalue weighted by molar-refractivity contribution is 6.13. The zero-order chi connectivity index (χ0) is 17.8. The molecular formula is C22H25NO2. The van der Waals surface area contributed by atoms with E-state index in [0.717, 1.165) is 53.9 Å². The van der Waals surface area contributed by atoms with Crippen LogP contribution in [-0.4, -0.2) is 26.0 Å². The lowest BCUT2D eigenvalue weighted by atomic mass is 9.86. The van der Waals surface area contributed by atoms with Crippen molar-refractivity contribution in [2.45, 2.75) is 26.7 Å². The van der Waals surface area contributed by atoms with E-state index < -0.39 is 0 Å². The Morgan fingerprint density at radius 2 is 1.76 bits per heavy atom. The molecule has 3 rings (SSSR count). The van der Waals surface area contributed by atoms with Gasteiger partial charge in [-0.05, 0) is 74.2 Å². The summed E-state index contributed by atoms with van der Waals surface area (Å²) in [5, 5.41) is 0. The molecule has 0 N–H and O–H groups in total. The number of fused-ring (bicyclic) bond motifs is 1. The van der Waals surface area contributed by atoms with Gasteiger partial charge in [0, 0.05) is 29.9 Å². The van der Waals surface area contributed by atoms with Crippen LogP contribution in [0, 0.1) is 0 Å². The number of anilines is 1. The number of methoxy groups -OCH3 is 1. The third kappa shape index (κ3) is 3.60. The molecule has 0 atom stereocenters. The number of nitrogens with zero attached hydrogens (tertiary/aromatic N) is 1. The van der Waals surface area contributed by atoms with Gasteiger partial charge in [0.05, 0.1) is 7.11 Å². The lowest BCUT2D eigenvalue weighted by Crippen LogP contribution is -2.21. The average molecular weight is 335 g/mol. The van der Waals surface area contributed by atoms with Crippen LogP contribution in [0.2, 0.25) is 0 Å². The Kier molecular flexibility index (Phi) is 5.22. The van der Waals surface area contributed by atoms with Crippen molar-refractivity contribution in [3.8, 4) is 5.75 Å². The summed E-state index contributed by atoms with van der Waals surface area (Å²) < 4.78 is 5.26. The monoisotopic (exact) mass is 335 g/mol. The van der Waals surface area contributed by atoms with Crippen LogP contribution >= 0.6 is 0 Å². The van der Waals surface area contributed by atoms with Crippen LogP contribution in [0.1, 0.15) is 41.8 Å². The van der Waals surface area contributed by atoms with Gasteiger partial charge in [-0.25, -0.2) is 0 Å². The fourth-order valence-electron chi connectivity index (χ4n) is 3.39. The summed E-state index contributed by atoms with van der Waals surface area (Å²) >= 11 is 0. The number of allylic oxidation sites excluding steroid dienone is 1. The Bertz CT molecular complexity index is 786. The lowest BCUT2D eigenvalue weighted by Gasteiger charge is -2.21. The Hall–Kier alpha value is -2.55. The molecule has 0 saturated carbocycles. The first kappa shape index (κ1) is 17.3. The largest absolute Gasteiger partial charge is 0.497 e. The van der Waals surface area contributed by atoms with Crippen LogP contribution in [-0.2, 0) is 6.42 Å². The van der Waals surface area contributed by atoms with E-state index in [-0.39, 0.29) is 5.78 Å². The van der Waals surface area contributed by atoms with Crippen LogP contribution in [0.4, 0.5) is 5.69 Å². The first-order valence-corrected chi connectivity index (χ1v) is 8.93. The van der Waals surface area contributed by atoms with Crippen molar-refractivity contribution in [2.75, 3.05) is 25.1 Å². The highest BCUT2D eigenvalue weighted by Crippen LogP contribution is 2.29. The highest BCUT2D eigenvalue weighted by atomic mass is 16.5. The molecule has 0 bridgehead atoms. The highest BCUT2D eigenvalue weighted by Gasteiger charge is 2.22. The van der Waals surface area contributed by atoms with Crippen molar-refractivity contribution < 1.29 is 9.53 Å². The predicted molar refractivity (Wildman–Crippen MR) is 104 cm³/mol. The van der Waals surface area contributed by atoms with Crippen molar-refractivity contribution in [1.29, 1.82) is 0 Å². The van der Waals surface area contributed by atoms with Crippen molar-refractivity contribution in [3.05, 3.63) is 64.7 Å². The molecular weight excluding hydrogens is 310 g/mol. The van der Waals surface area contributed by atoms with Crippen LogP contribution < -0.4 is 9.64 Å². The second-order valence-corrected chi connectivity index (χ2v) is 6.29. The molecule has 1 aliphatic carbocycles. The molecule has 0 saturated heterocycles. The second kappa shape index (κ2) is 7.56. The van der Waals surface area contributed by atoms with E-state index >= 15 is 0 Å². The Morgan fingerprint density at radius 3 is 2.40 bits per heavy atom. The van der Waals surface area contributed by atoms with Crippen molar-refractivity contribution in [2.24, 2.45) is 0 Å². The van der Waals surface area contributed by atoms with Crippen LogP contribution in [0.3, 0.4) is 0 Å². The van der Waals surface area contributed by atoms with Crippen LogP contribution in [0.5, 0.6) is 5.75 Å². The molecule has 0 spiro atoms. The van der Waals surface area contributed by atoms with E-state index in [1.54, 1.807) is 7.11 Å². The molecule has 2 aromatic rings. The van der Waals surface area contributed by atoms with E-state index in [0.29, 0.717) is 0 Å². The van der Waals surface area contributed by atoms with E-state index in [1.165, 1.54) is 5.69 Å². The minimum Gasteiger partial charge on any atom is -0.497 e. The van der Waals surface area contributed by atoms with Crippen LogP contribution in [0.15, 0.2) is 48.0 Å². The zero-order valence-corrected chi connectivity index (χ0v) is 15.2. The van der Waals surface area contributed by atoms with Crippen molar-refractivity contribution in [3.63, 3.8) is 0 Å². The number of carbonyl (C=O) groups excluding carboxylic acids is 1. The molecule has 130 valence electrons. The molecule has 2 aromatic carbocycles. The predicted octanol–water partition coefficient (Wildman–Crippen LogP) is 4.75. The molecule has 0 unspecified atom stereocenters.